The van der Waals surface area contributed by atoms with Crippen molar-refractivity contribution in [2.24, 2.45) is 0 Å². The summed E-state index contributed by atoms with van der Waals surface area (Å²) < 4.78 is 1.83. The van der Waals surface area contributed by atoms with Crippen LogP contribution < -0.4 is 5.49 Å². The summed E-state index contributed by atoms with van der Waals surface area (Å²) in [6.07, 6.45) is 2.86. The molecule has 1 aliphatic rings. The van der Waals surface area contributed by atoms with Gasteiger partial charge in [0.25, 0.3) is 0 Å². The van der Waals surface area contributed by atoms with Gasteiger partial charge in [-0.15, -0.1) is 0 Å². The third kappa shape index (κ3) is 3.69. The summed E-state index contributed by atoms with van der Waals surface area (Å²) in [5.74, 6) is 0.164. The van der Waals surface area contributed by atoms with Crippen molar-refractivity contribution in [1.29, 1.82) is 5.41 Å². The van der Waals surface area contributed by atoms with E-state index in [1.807, 2.05) is 54.5 Å². The van der Waals surface area contributed by atoms with Gasteiger partial charge in [-0.05, 0) is 45.2 Å². The molecule has 1 aliphatic heterocycles. The minimum atomic E-state index is -0.228. The van der Waals surface area contributed by atoms with Crippen LogP contribution in [0.1, 0.15) is 37.4 Å². The summed E-state index contributed by atoms with van der Waals surface area (Å²) in [4.78, 5) is 19.7. The lowest BCUT2D eigenvalue weighted by molar-refractivity contribution is -0.129. The number of amides is 1. The lowest BCUT2D eigenvalue weighted by Crippen LogP contribution is -2.35. The molecule has 0 aliphatic carbocycles. The van der Waals surface area contributed by atoms with Crippen molar-refractivity contribution in [3.05, 3.63) is 41.0 Å². The Hall–Kier alpha value is -2.61. The number of rotatable bonds is 5. The van der Waals surface area contributed by atoms with Gasteiger partial charge in [-0.2, -0.15) is 5.10 Å². The first kappa shape index (κ1) is 19.7. The summed E-state index contributed by atoms with van der Waals surface area (Å²) in [7, 11) is 0. The maximum atomic E-state index is 13.0. The Morgan fingerprint density at radius 1 is 1.24 bits per heavy atom. The Morgan fingerprint density at radius 2 is 1.93 bits per heavy atom. The van der Waals surface area contributed by atoms with Crippen molar-refractivity contribution in [3.63, 3.8) is 0 Å². The zero-order valence-corrected chi connectivity index (χ0v) is 17.8. The molecular formula is C21H26N6OS. The van der Waals surface area contributed by atoms with Gasteiger partial charge in [-0.1, -0.05) is 36.4 Å². The molecule has 0 spiro atoms. The molecule has 2 aromatic heterocycles. The number of aromatic nitrogens is 4. The van der Waals surface area contributed by atoms with E-state index < -0.39 is 0 Å². The molecule has 29 heavy (non-hydrogen) atoms. The van der Waals surface area contributed by atoms with Crippen LogP contribution in [0.5, 0.6) is 0 Å². The average Bonchev–Trinajstić information content (AvgIpc) is 3.37. The molecule has 152 valence electrons. The van der Waals surface area contributed by atoms with Crippen molar-refractivity contribution in [1.82, 2.24) is 24.6 Å². The maximum absolute atomic E-state index is 13.0. The highest BCUT2D eigenvalue weighted by molar-refractivity contribution is 8.00. The number of fused-ring (bicyclic) bond motifs is 1. The number of nitrogens with one attached hydrogen (secondary N) is 2. The summed E-state index contributed by atoms with van der Waals surface area (Å²) in [5, 5.41) is 17.2. The molecule has 2 N–H and O–H groups in total. The first-order chi connectivity index (χ1) is 14.0. The Kier molecular flexibility index (Phi) is 5.45. The smallest absolute Gasteiger partial charge is 0.236 e. The molecule has 1 unspecified atom stereocenters. The fourth-order valence-corrected chi connectivity index (χ4v) is 4.83. The number of hydrogen-bond donors (Lipinski definition) is 2. The fraction of sp³-hybridized carbons (Fsp3) is 0.429. The molecule has 0 radical (unpaired) electrons. The topological polar surface area (TPSA) is 90.7 Å². The number of benzene rings is 1. The largest absolute Gasteiger partial charge is 0.342 e. The predicted octanol–water partition coefficient (Wildman–Crippen LogP) is 3.34. The summed E-state index contributed by atoms with van der Waals surface area (Å²) in [6, 6.07) is 8.03. The molecule has 1 amide bonds. The van der Waals surface area contributed by atoms with Gasteiger partial charge in [0, 0.05) is 24.5 Å². The summed E-state index contributed by atoms with van der Waals surface area (Å²) in [5.41, 5.74) is 3.67. The number of likely N-dealkylation sites (tertiary alicyclic amines) is 1. The highest BCUT2D eigenvalue weighted by atomic mass is 32.2. The molecule has 0 bridgehead atoms. The van der Waals surface area contributed by atoms with E-state index in [0.29, 0.717) is 28.1 Å². The monoisotopic (exact) mass is 410 g/mol. The minimum Gasteiger partial charge on any atom is -0.342 e. The van der Waals surface area contributed by atoms with E-state index in [1.165, 1.54) is 11.8 Å². The zero-order valence-electron chi connectivity index (χ0n) is 17.0. The third-order valence-corrected chi connectivity index (χ3v) is 6.69. The van der Waals surface area contributed by atoms with Crippen molar-refractivity contribution in [2.45, 2.75) is 50.4 Å². The number of H-pyrrole nitrogens is 1. The van der Waals surface area contributed by atoms with Gasteiger partial charge in [0.05, 0.1) is 10.6 Å². The third-order valence-electron chi connectivity index (χ3n) is 5.39. The van der Waals surface area contributed by atoms with Crippen LogP contribution in [0.25, 0.3) is 16.7 Å². The average molecular weight is 411 g/mol. The molecular weight excluding hydrogens is 384 g/mol. The zero-order chi connectivity index (χ0) is 20.5. The van der Waals surface area contributed by atoms with Gasteiger partial charge in [0.15, 0.2) is 10.8 Å². The Labute approximate surface area is 174 Å². The normalized spacial score (nSPS) is 15.2. The van der Waals surface area contributed by atoms with Crippen LogP contribution in [0, 0.1) is 19.3 Å². The first-order valence-electron chi connectivity index (χ1n) is 10.0. The standard InChI is InChI=1S/C21H26N6OS/c1-4-16(20(28)26-11-5-6-12-26)29-21-23-19-17(14(3)24-25-19)18(22)27(21)15-9-7-13(2)8-10-15/h7-10,16,22H,4-6,11-12H2,1-3H3,(H,24,25). The molecule has 1 atom stereocenters. The van der Waals surface area contributed by atoms with Crippen LogP contribution in [0.15, 0.2) is 29.4 Å². The van der Waals surface area contributed by atoms with Gasteiger partial charge in [-0.25, -0.2) is 4.98 Å². The van der Waals surface area contributed by atoms with Crippen LogP contribution in [0.4, 0.5) is 0 Å². The van der Waals surface area contributed by atoms with Gasteiger partial charge in [-0.3, -0.25) is 19.9 Å². The molecule has 4 rings (SSSR count). The van der Waals surface area contributed by atoms with Crippen LogP contribution in [0.3, 0.4) is 0 Å². The van der Waals surface area contributed by atoms with E-state index in [9.17, 15) is 4.79 Å². The van der Waals surface area contributed by atoms with Crippen LogP contribution in [0.2, 0.25) is 0 Å². The van der Waals surface area contributed by atoms with E-state index in [2.05, 4.69) is 10.2 Å². The van der Waals surface area contributed by atoms with Crippen LogP contribution in [-0.4, -0.2) is 48.9 Å². The van der Waals surface area contributed by atoms with Crippen molar-refractivity contribution >= 4 is 28.7 Å². The van der Waals surface area contributed by atoms with Gasteiger partial charge >= 0.3 is 0 Å². The van der Waals surface area contributed by atoms with Crippen molar-refractivity contribution in [3.8, 4) is 5.69 Å². The van der Waals surface area contributed by atoms with Crippen LogP contribution in [-0.2, 0) is 4.79 Å². The number of carbonyl (C=O) groups is 1. The van der Waals surface area contributed by atoms with Crippen LogP contribution >= 0.6 is 11.8 Å². The predicted molar refractivity (Wildman–Crippen MR) is 114 cm³/mol. The lowest BCUT2D eigenvalue weighted by Gasteiger charge is -2.23. The van der Waals surface area contributed by atoms with E-state index in [-0.39, 0.29) is 11.2 Å². The van der Waals surface area contributed by atoms with Crippen molar-refractivity contribution in [2.75, 3.05) is 13.1 Å². The van der Waals surface area contributed by atoms with Gasteiger partial charge in [0.2, 0.25) is 5.91 Å². The SMILES string of the molecule is CCC(Sc1nc2n[nH]c(C)c2c(=N)n1-c1ccc(C)cc1)C(=O)N1CCCC1. The van der Waals surface area contributed by atoms with E-state index in [1.54, 1.807) is 0 Å². The van der Waals surface area contributed by atoms with E-state index >= 15 is 0 Å². The van der Waals surface area contributed by atoms with Gasteiger partial charge in [0.1, 0.15) is 5.49 Å². The molecule has 1 saturated heterocycles. The molecule has 1 fully saturated rings. The summed E-state index contributed by atoms with van der Waals surface area (Å²) in [6.45, 7) is 7.63. The highest BCUT2D eigenvalue weighted by Gasteiger charge is 2.28. The number of carbonyl (C=O) groups excluding carboxylic acids is 1. The number of hydrogen-bond acceptors (Lipinski definition) is 5. The number of aromatic amines is 1. The number of nitrogens with zero attached hydrogens (tertiary/aromatic N) is 4. The number of thioether (sulfide) groups is 1. The molecule has 1 aromatic carbocycles. The molecule has 7 nitrogen and oxygen atoms in total. The second-order valence-corrected chi connectivity index (χ2v) is 8.68. The quantitative estimate of drug-likeness (QED) is 0.499. The second-order valence-electron chi connectivity index (χ2n) is 7.51. The first-order valence-corrected chi connectivity index (χ1v) is 10.9. The Bertz CT molecular complexity index is 1090. The molecule has 3 heterocycles. The second kappa shape index (κ2) is 8.02. The summed E-state index contributed by atoms with van der Waals surface area (Å²) >= 11 is 1.43. The van der Waals surface area contributed by atoms with Crippen molar-refractivity contribution < 1.29 is 4.79 Å². The van der Waals surface area contributed by atoms with E-state index in [0.717, 1.165) is 42.9 Å². The molecule has 3 aromatic rings. The highest BCUT2D eigenvalue weighted by Crippen LogP contribution is 2.29. The molecule has 8 heteroatoms. The number of aryl methyl sites for hydroxylation is 2. The Morgan fingerprint density at radius 3 is 2.59 bits per heavy atom. The van der Waals surface area contributed by atoms with E-state index in [4.69, 9.17) is 10.4 Å². The minimum absolute atomic E-state index is 0.164. The Balaban J connectivity index is 1.81. The fourth-order valence-electron chi connectivity index (χ4n) is 3.72. The van der Waals surface area contributed by atoms with Gasteiger partial charge < -0.3 is 4.90 Å². The maximum Gasteiger partial charge on any atom is 0.236 e. The molecule has 0 saturated carbocycles. The lowest BCUT2D eigenvalue weighted by atomic mass is 10.2.